The standard InChI is InChI=1S/C15H14FN3O3S2/c1-9-7-11(8-20)19-14(17-9)13(15(18-19)23-2)24(21,22)12-5-3-10(16)4-6-12/h3-7,20H,8H2,1-2H3. The molecular weight excluding hydrogens is 353 g/mol. The minimum Gasteiger partial charge on any atom is -0.390 e. The topological polar surface area (TPSA) is 84.6 Å². The molecule has 0 atom stereocenters. The zero-order valence-corrected chi connectivity index (χ0v) is 14.5. The Morgan fingerprint density at radius 2 is 1.96 bits per heavy atom. The SMILES string of the molecule is CSc1nn2c(CO)cc(C)nc2c1S(=O)(=O)c1ccc(F)cc1. The Morgan fingerprint density at radius 3 is 2.54 bits per heavy atom. The molecule has 1 aromatic carbocycles. The monoisotopic (exact) mass is 367 g/mol. The van der Waals surface area contributed by atoms with Gasteiger partial charge in [-0.3, -0.25) is 0 Å². The number of aliphatic hydroxyl groups is 1. The van der Waals surface area contributed by atoms with Crippen LogP contribution in [-0.2, 0) is 16.4 Å². The molecule has 0 aliphatic rings. The zero-order chi connectivity index (χ0) is 17.5. The van der Waals surface area contributed by atoms with Crippen LogP contribution in [0.1, 0.15) is 11.4 Å². The molecule has 6 nitrogen and oxygen atoms in total. The van der Waals surface area contributed by atoms with E-state index in [2.05, 4.69) is 10.1 Å². The van der Waals surface area contributed by atoms with Crippen molar-refractivity contribution in [1.29, 1.82) is 0 Å². The number of nitrogens with zero attached hydrogens (tertiary/aromatic N) is 3. The fourth-order valence-corrected chi connectivity index (χ4v) is 4.78. The summed E-state index contributed by atoms with van der Waals surface area (Å²) in [5, 5.41) is 14.0. The van der Waals surface area contributed by atoms with Gasteiger partial charge in [-0.1, -0.05) is 0 Å². The van der Waals surface area contributed by atoms with E-state index in [4.69, 9.17) is 0 Å². The Labute approximate surface area is 142 Å². The molecule has 2 aromatic heterocycles. The first-order valence-corrected chi connectivity index (χ1v) is 9.64. The number of rotatable bonds is 4. The highest BCUT2D eigenvalue weighted by molar-refractivity contribution is 7.99. The van der Waals surface area contributed by atoms with Gasteiger partial charge in [0.15, 0.2) is 10.5 Å². The van der Waals surface area contributed by atoms with E-state index in [1.54, 1.807) is 19.2 Å². The van der Waals surface area contributed by atoms with Crippen LogP contribution in [0.15, 0.2) is 45.1 Å². The Balaban J connectivity index is 2.36. The number of aryl methyl sites for hydroxylation is 1. The van der Waals surface area contributed by atoms with Crippen LogP contribution < -0.4 is 0 Å². The van der Waals surface area contributed by atoms with Crippen LogP contribution in [0.25, 0.3) is 5.65 Å². The van der Waals surface area contributed by atoms with E-state index in [1.807, 2.05) is 0 Å². The Hall–Kier alpha value is -1.97. The first-order valence-electron chi connectivity index (χ1n) is 6.93. The van der Waals surface area contributed by atoms with Crippen molar-refractivity contribution < 1.29 is 17.9 Å². The average Bonchev–Trinajstić information content (AvgIpc) is 2.93. The molecule has 0 bridgehead atoms. The van der Waals surface area contributed by atoms with Gasteiger partial charge in [0.2, 0.25) is 9.84 Å². The van der Waals surface area contributed by atoms with Gasteiger partial charge in [-0.2, -0.15) is 5.10 Å². The van der Waals surface area contributed by atoms with Crippen molar-refractivity contribution in [1.82, 2.24) is 14.6 Å². The molecular formula is C15H14FN3O3S2. The number of fused-ring (bicyclic) bond motifs is 1. The van der Waals surface area contributed by atoms with Crippen LogP contribution in [-0.4, -0.2) is 34.4 Å². The molecule has 3 aromatic rings. The maximum Gasteiger partial charge on any atom is 0.213 e. The van der Waals surface area contributed by atoms with Gasteiger partial charge in [0.25, 0.3) is 0 Å². The van der Waals surface area contributed by atoms with Crippen molar-refractivity contribution >= 4 is 27.2 Å². The van der Waals surface area contributed by atoms with Crippen LogP contribution >= 0.6 is 11.8 Å². The third kappa shape index (κ3) is 2.68. The van der Waals surface area contributed by atoms with Gasteiger partial charge < -0.3 is 5.11 Å². The lowest BCUT2D eigenvalue weighted by molar-refractivity contribution is 0.273. The number of sulfone groups is 1. The van der Waals surface area contributed by atoms with Gasteiger partial charge >= 0.3 is 0 Å². The number of aliphatic hydroxyl groups excluding tert-OH is 1. The number of halogens is 1. The lowest BCUT2D eigenvalue weighted by atomic mass is 10.3. The molecule has 24 heavy (non-hydrogen) atoms. The lowest BCUT2D eigenvalue weighted by Crippen LogP contribution is -2.06. The molecule has 0 saturated carbocycles. The van der Waals surface area contributed by atoms with Crippen LogP contribution in [0.4, 0.5) is 4.39 Å². The number of thioether (sulfide) groups is 1. The van der Waals surface area contributed by atoms with E-state index in [0.29, 0.717) is 11.4 Å². The second-order valence-corrected chi connectivity index (χ2v) is 7.76. The van der Waals surface area contributed by atoms with Crippen molar-refractivity contribution in [2.75, 3.05) is 6.26 Å². The maximum atomic E-state index is 13.1. The summed E-state index contributed by atoms with van der Waals surface area (Å²) < 4.78 is 40.5. The molecule has 0 spiro atoms. The smallest absolute Gasteiger partial charge is 0.213 e. The Kier molecular flexibility index (Phi) is 4.33. The number of hydrogen-bond acceptors (Lipinski definition) is 6. The first kappa shape index (κ1) is 16.9. The van der Waals surface area contributed by atoms with E-state index < -0.39 is 15.7 Å². The van der Waals surface area contributed by atoms with Crippen LogP contribution in [0, 0.1) is 12.7 Å². The predicted octanol–water partition coefficient (Wildman–Crippen LogP) is 2.22. The second-order valence-electron chi connectivity index (χ2n) is 5.08. The maximum absolute atomic E-state index is 13.1. The normalized spacial score (nSPS) is 12.0. The van der Waals surface area contributed by atoms with E-state index in [1.165, 1.54) is 16.6 Å². The highest BCUT2D eigenvalue weighted by atomic mass is 32.2. The summed E-state index contributed by atoms with van der Waals surface area (Å²) in [6.45, 7) is 1.41. The summed E-state index contributed by atoms with van der Waals surface area (Å²) in [7, 11) is -3.94. The molecule has 3 rings (SSSR count). The molecule has 0 unspecified atom stereocenters. The Morgan fingerprint density at radius 1 is 1.29 bits per heavy atom. The van der Waals surface area contributed by atoms with Crippen LogP contribution in [0.2, 0.25) is 0 Å². The lowest BCUT2D eigenvalue weighted by Gasteiger charge is -2.06. The van der Waals surface area contributed by atoms with E-state index >= 15 is 0 Å². The average molecular weight is 367 g/mol. The molecule has 2 heterocycles. The summed E-state index contributed by atoms with van der Waals surface area (Å²) >= 11 is 1.16. The van der Waals surface area contributed by atoms with E-state index in [0.717, 1.165) is 23.9 Å². The van der Waals surface area contributed by atoms with Crippen molar-refractivity contribution in [2.45, 2.75) is 28.3 Å². The molecule has 0 aliphatic carbocycles. The first-order chi connectivity index (χ1) is 11.4. The largest absolute Gasteiger partial charge is 0.390 e. The van der Waals surface area contributed by atoms with Gasteiger partial charge in [0, 0.05) is 5.69 Å². The summed E-state index contributed by atoms with van der Waals surface area (Å²) in [4.78, 5) is 4.20. The van der Waals surface area contributed by atoms with Crippen molar-refractivity contribution in [3.05, 3.63) is 47.5 Å². The van der Waals surface area contributed by atoms with Gasteiger partial charge in [-0.15, -0.1) is 11.8 Å². The molecule has 0 saturated heterocycles. The molecule has 0 radical (unpaired) electrons. The third-order valence-corrected chi connectivity index (χ3v) is 6.07. The second kappa shape index (κ2) is 6.15. The summed E-state index contributed by atoms with van der Waals surface area (Å²) in [5.41, 5.74) is 1.15. The molecule has 126 valence electrons. The zero-order valence-electron chi connectivity index (χ0n) is 12.9. The van der Waals surface area contributed by atoms with Gasteiger partial charge in [0.05, 0.1) is 17.2 Å². The van der Waals surface area contributed by atoms with Gasteiger partial charge in [0.1, 0.15) is 10.8 Å². The number of aromatic nitrogens is 3. The van der Waals surface area contributed by atoms with E-state index in [-0.39, 0.29) is 27.1 Å². The van der Waals surface area contributed by atoms with Crippen LogP contribution in [0.3, 0.4) is 0 Å². The highest BCUT2D eigenvalue weighted by Crippen LogP contribution is 2.32. The van der Waals surface area contributed by atoms with Crippen molar-refractivity contribution in [3.8, 4) is 0 Å². The van der Waals surface area contributed by atoms with Gasteiger partial charge in [-0.05, 0) is 43.5 Å². The summed E-state index contributed by atoms with van der Waals surface area (Å²) in [5.74, 6) is -0.518. The highest BCUT2D eigenvalue weighted by Gasteiger charge is 2.29. The minimum atomic E-state index is -3.94. The minimum absolute atomic E-state index is 0.0389. The molecule has 0 amide bonds. The molecule has 0 fully saturated rings. The molecule has 0 aliphatic heterocycles. The van der Waals surface area contributed by atoms with Crippen LogP contribution in [0.5, 0.6) is 0 Å². The van der Waals surface area contributed by atoms with Crippen molar-refractivity contribution in [2.24, 2.45) is 0 Å². The molecule has 9 heteroatoms. The summed E-state index contributed by atoms with van der Waals surface area (Å²) in [6, 6.07) is 6.24. The summed E-state index contributed by atoms with van der Waals surface area (Å²) in [6.07, 6.45) is 1.71. The number of hydrogen-bond donors (Lipinski definition) is 1. The fourth-order valence-electron chi connectivity index (χ4n) is 2.39. The predicted molar refractivity (Wildman–Crippen MR) is 87.3 cm³/mol. The quantitative estimate of drug-likeness (QED) is 0.562. The number of benzene rings is 1. The van der Waals surface area contributed by atoms with E-state index in [9.17, 15) is 17.9 Å². The third-order valence-electron chi connectivity index (χ3n) is 3.47. The Bertz CT molecular complexity index is 1010. The molecule has 1 N–H and O–H groups in total. The van der Waals surface area contributed by atoms with Crippen molar-refractivity contribution in [3.63, 3.8) is 0 Å². The van der Waals surface area contributed by atoms with Gasteiger partial charge in [-0.25, -0.2) is 22.3 Å². The fraction of sp³-hybridized carbons (Fsp3) is 0.200.